The van der Waals surface area contributed by atoms with E-state index in [0.717, 1.165) is 42.7 Å². The summed E-state index contributed by atoms with van der Waals surface area (Å²) in [7, 11) is 0. The number of halogens is 1. The monoisotopic (exact) mass is 483 g/mol. The van der Waals surface area contributed by atoms with Gasteiger partial charge in [0, 0.05) is 55.8 Å². The first kappa shape index (κ1) is 24.6. The van der Waals surface area contributed by atoms with E-state index in [1.807, 2.05) is 53.4 Å². The smallest absolute Gasteiger partial charge is 0.251 e. The molecule has 2 fully saturated rings. The predicted molar refractivity (Wildman–Crippen MR) is 135 cm³/mol. The Morgan fingerprint density at radius 1 is 0.941 bits per heavy atom. The minimum absolute atomic E-state index is 0.00270. The number of carbonyl (C=O) groups excluding carboxylic acids is 2. The van der Waals surface area contributed by atoms with Gasteiger partial charge in [0.15, 0.2) is 0 Å². The molecule has 1 atom stereocenters. The number of hydrogen-bond acceptors (Lipinski definition) is 4. The van der Waals surface area contributed by atoms with E-state index >= 15 is 0 Å². The van der Waals surface area contributed by atoms with Gasteiger partial charge in [0.05, 0.1) is 0 Å². The number of para-hydroxylation sites is 1. The summed E-state index contributed by atoms with van der Waals surface area (Å²) >= 11 is 5.96. The number of aliphatic hydroxyl groups excluding tert-OH is 1. The number of rotatable bonds is 7. The first-order valence-electron chi connectivity index (χ1n) is 12.3. The molecule has 0 radical (unpaired) electrons. The molecule has 0 aromatic heterocycles. The summed E-state index contributed by atoms with van der Waals surface area (Å²) in [5.74, 6) is -0.0125. The minimum atomic E-state index is -1.10. The van der Waals surface area contributed by atoms with Crippen LogP contribution in [0.25, 0.3) is 0 Å². The molecule has 2 saturated heterocycles. The van der Waals surface area contributed by atoms with Gasteiger partial charge in [-0.25, -0.2) is 0 Å². The summed E-state index contributed by atoms with van der Waals surface area (Å²) < 4.78 is 0. The molecule has 0 aliphatic carbocycles. The zero-order valence-corrected chi connectivity index (χ0v) is 20.3. The summed E-state index contributed by atoms with van der Waals surface area (Å²) in [6.45, 7) is 3.40. The molecule has 34 heavy (non-hydrogen) atoms. The van der Waals surface area contributed by atoms with Crippen LogP contribution in [0.5, 0.6) is 0 Å². The SMILES string of the molecule is O=C(C(O)Cc1ccccc1NCc1ccc(Cl)cc1)N1CCC(C(=O)N2CCCCC2)CC1. The number of amides is 2. The molecule has 2 aromatic rings. The second-order valence-electron chi connectivity index (χ2n) is 9.34. The van der Waals surface area contributed by atoms with Crippen molar-refractivity contribution in [1.29, 1.82) is 0 Å². The molecule has 2 aliphatic rings. The van der Waals surface area contributed by atoms with Crippen LogP contribution in [0, 0.1) is 5.92 Å². The van der Waals surface area contributed by atoms with Crippen LogP contribution >= 0.6 is 11.6 Å². The van der Waals surface area contributed by atoms with Crippen LogP contribution in [0.3, 0.4) is 0 Å². The van der Waals surface area contributed by atoms with E-state index < -0.39 is 6.10 Å². The molecule has 2 heterocycles. The van der Waals surface area contributed by atoms with Crippen LogP contribution in [-0.2, 0) is 22.6 Å². The molecular formula is C27H34ClN3O3. The van der Waals surface area contributed by atoms with Crippen molar-refractivity contribution in [3.8, 4) is 0 Å². The molecule has 2 amide bonds. The lowest BCUT2D eigenvalue weighted by atomic mass is 9.93. The number of anilines is 1. The van der Waals surface area contributed by atoms with Crippen LogP contribution in [0.1, 0.15) is 43.2 Å². The third kappa shape index (κ3) is 6.30. The van der Waals surface area contributed by atoms with Crippen LogP contribution in [0.15, 0.2) is 48.5 Å². The molecule has 2 aliphatic heterocycles. The highest BCUT2D eigenvalue weighted by Gasteiger charge is 2.32. The Labute approximate surface area is 206 Å². The quantitative estimate of drug-likeness (QED) is 0.621. The van der Waals surface area contributed by atoms with E-state index in [4.69, 9.17) is 11.6 Å². The fourth-order valence-corrected chi connectivity index (χ4v) is 5.02. The van der Waals surface area contributed by atoms with Gasteiger partial charge in [0.2, 0.25) is 5.91 Å². The van der Waals surface area contributed by atoms with E-state index in [0.29, 0.717) is 37.5 Å². The summed E-state index contributed by atoms with van der Waals surface area (Å²) in [6.07, 6.45) is 3.87. The largest absolute Gasteiger partial charge is 0.383 e. The molecule has 0 saturated carbocycles. The zero-order chi connectivity index (χ0) is 23.9. The van der Waals surface area contributed by atoms with Gasteiger partial charge in [-0.3, -0.25) is 9.59 Å². The van der Waals surface area contributed by atoms with Crippen molar-refractivity contribution in [2.75, 3.05) is 31.5 Å². The number of likely N-dealkylation sites (tertiary alicyclic amines) is 2. The second-order valence-corrected chi connectivity index (χ2v) is 9.78. The van der Waals surface area contributed by atoms with Crippen molar-refractivity contribution < 1.29 is 14.7 Å². The Balaban J connectivity index is 1.29. The van der Waals surface area contributed by atoms with Gasteiger partial charge in [-0.15, -0.1) is 0 Å². The molecule has 1 unspecified atom stereocenters. The number of benzene rings is 2. The summed E-state index contributed by atoms with van der Waals surface area (Å²) in [5.41, 5.74) is 2.89. The number of piperidine rings is 2. The number of nitrogens with zero attached hydrogens (tertiary/aromatic N) is 2. The summed E-state index contributed by atoms with van der Waals surface area (Å²) in [6, 6.07) is 15.4. The van der Waals surface area contributed by atoms with Gasteiger partial charge in [-0.1, -0.05) is 41.9 Å². The number of hydrogen-bond donors (Lipinski definition) is 2. The van der Waals surface area contributed by atoms with Gasteiger partial charge in [-0.05, 0) is 61.4 Å². The Hall–Kier alpha value is -2.57. The van der Waals surface area contributed by atoms with Gasteiger partial charge in [0.1, 0.15) is 6.10 Å². The fraction of sp³-hybridized carbons (Fsp3) is 0.481. The summed E-state index contributed by atoms with van der Waals surface area (Å²) in [4.78, 5) is 29.4. The molecule has 182 valence electrons. The first-order valence-corrected chi connectivity index (χ1v) is 12.7. The average Bonchev–Trinajstić information content (AvgIpc) is 2.89. The molecule has 0 bridgehead atoms. The Bertz CT molecular complexity index is 967. The maximum absolute atomic E-state index is 13.0. The highest BCUT2D eigenvalue weighted by molar-refractivity contribution is 6.30. The minimum Gasteiger partial charge on any atom is -0.383 e. The Morgan fingerprint density at radius 2 is 1.62 bits per heavy atom. The van der Waals surface area contributed by atoms with Crippen LogP contribution in [-0.4, -0.2) is 59.0 Å². The van der Waals surface area contributed by atoms with Crippen LogP contribution < -0.4 is 5.32 Å². The van der Waals surface area contributed by atoms with Gasteiger partial charge < -0.3 is 20.2 Å². The average molecular weight is 484 g/mol. The molecule has 2 aromatic carbocycles. The fourth-order valence-electron chi connectivity index (χ4n) is 4.90. The van der Waals surface area contributed by atoms with E-state index in [2.05, 4.69) is 5.32 Å². The molecular weight excluding hydrogens is 450 g/mol. The van der Waals surface area contributed by atoms with E-state index in [1.165, 1.54) is 6.42 Å². The maximum Gasteiger partial charge on any atom is 0.251 e. The predicted octanol–water partition coefficient (Wildman–Crippen LogP) is 4.11. The van der Waals surface area contributed by atoms with E-state index in [1.54, 1.807) is 4.90 Å². The van der Waals surface area contributed by atoms with Crippen molar-refractivity contribution >= 4 is 29.1 Å². The maximum atomic E-state index is 13.0. The zero-order valence-electron chi connectivity index (χ0n) is 19.6. The van der Waals surface area contributed by atoms with Crippen molar-refractivity contribution in [3.63, 3.8) is 0 Å². The number of aliphatic hydroxyl groups is 1. The normalized spacial score (nSPS) is 17.9. The lowest BCUT2D eigenvalue weighted by molar-refractivity contribution is -0.145. The van der Waals surface area contributed by atoms with Crippen molar-refractivity contribution in [2.45, 2.75) is 51.2 Å². The van der Waals surface area contributed by atoms with Crippen molar-refractivity contribution in [2.24, 2.45) is 5.92 Å². The van der Waals surface area contributed by atoms with E-state index in [9.17, 15) is 14.7 Å². The molecule has 7 heteroatoms. The van der Waals surface area contributed by atoms with Crippen molar-refractivity contribution in [1.82, 2.24) is 9.80 Å². The van der Waals surface area contributed by atoms with Gasteiger partial charge in [-0.2, -0.15) is 0 Å². The first-order chi connectivity index (χ1) is 16.5. The van der Waals surface area contributed by atoms with E-state index in [-0.39, 0.29) is 24.2 Å². The van der Waals surface area contributed by atoms with Crippen molar-refractivity contribution in [3.05, 3.63) is 64.7 Å². The lowest BCUT2D eigenvalue weighted by Crippen LogP contribution is -2.48. The van der Waals surface area contributed by atoms with Gasteiger partial charge in [0.25, 0.3) is 5.91 Å². The van der Waals surface area contributed by atoms with Gasteiger partial charge >= 0.3 is 0 Å². The molecule has 4 rings (SSSR count). The number of carbonyl (C=O) groups is 2. The van der Waals surface area contributed by atoms with Crippen LogP contribution in [0.2, 0.25) is 5.02 Å². The third-order valence-electron chi connectivity index (χ3n) is 6.94. The van der Waals surface area contributed by atoms with Crippen LogP contribution in [0.4, 0.5) is 5.69 Å². The molecule has 2 N–H and O–H groups in total. The topological polar surface area (TPSA) is 72.9 Å². The standard InChI is InChI=1S/C27H34ClN3O3/c28-23-10-8-20(9-11-23)19-29-24-7-3-2-6-22(24)18-25(32)27(34)31-16-12-21(13-17-31)26(33)30-14-4-1-5-15-30/h2-3,6-11,21,25,29,32H,1,4-5,12-19H2. The second kappa shape index (κ2) is 11.7. The Kier molecular flexibility index (Phi) is 8.46. The lowest BCUT2D eigenvalue weighted by Gasteiger charge is -2.36. The molecule has 0 spiro atoms. The summed E-state index contributed by atoms with van der Waals surface area (Å²) in [5, 5.41) is 14.8. The third-order valence-corrected chi connectivity index (χ3v) is 7.19. The highest BCUT2D eigenvalue weighted by atomic mass is 35.5. The number of nitrogens with one attached hydrogen (secondary N) is 1. The highest BCUT2D eigenvalue weighted by Crippen LogP contribution is 2.24. The molecule has 6 nitrogen and oxygen atoms in total. The Morgan fingerprint density at radius 3 is 2.32 bits per heavy atom.